The van der Waals surface area contributed by atoms with Gasteiger partial charge in [-0.3, -0.25) is 0 Å². The molecular weight excluding hydrogens is 150 g/mol. The molecule has 0 radical (unpaired) electrons. The fourth-order valence-corrected chi connectivity index (χ4v) is 0.948. The number of hydrogen-bond donors (Lipinski definition) is 1. The molecule has 0 saturated heterocycles. The topological polar surface area (TPSA) is 23.5 Å². The van der Waals surface area contributed by atoms with Crippen molar-refractivity contribution in [3.05, 3.63) is 0 Å². The number of aliphatic hydroxyl groups excluding tert-OH is 1. The van der Waals surface area contributed by atoms with Crippen LogP contribution >= 0.6 is 11.6 Å². The molecule has 62 valence electrons. The summed E-state index contributed by atoms with van der Waals surface area (Å²) in [4.78, 5) is 2.10. The number of alkyl halides is 1. The molecule has 2 nitrogen and oxygen atoms in total. The number of likely N-dealkylation sites (N-methyl/N-ethyl adjacent to an activating group) is 1. The van der Waals surface area contributed by atoms with E-state index in [1.165, 1.54) is 0 Å². The number of nitrogens with zero attached hydrogens (tertiary/aromatic N) is 1. The van der Waals surface area contributed by atoms with Gasteiger partial charge in [0.25, 0.3) is 0 Å². The zero-order valence-electron chi connectivity index (χ0n) is 6.52. The SMILES string of the molecule is CN(CCO)CCCCCl. The molecule has 0 fully saturated rings. The molecular formula is C7H16ClNO. The largest absolute Gasteiger partial charge is 0.395 e. The Balaban J connectivity index is 2.97. The third kappa shape index (κ3) is 6.33. The van der Waals surface area contributed by atoms with Crippen LogP contribution in [-0.2, 0) is 0 Å². The van der Waals surface area contributed by atoms with E-state index in [4.69, 9.17) is 16.7 Å². The molecule has 3 heteroatoms. The first-order valence-corrected chi connectivity index (χ1v) is 4.20. The van der Waals surface area contributed by atoms with E-state index >= 15 is 0 Å². The second-order valence-electron chi connectivity index (χ2n) is 2.42. The number of rotatable bonds is 6. The minimum absolute atomic E-state index is 0.247. The smallest absolute Gasteiger partial charge is 0.0558 e. The molecule has 10 heavy (non-hydrogen) atoms. The van der Waals surface area contributed by atoms with Gasteiger partial charge in [-0.1, -0.05) is 0 Å². The summed E-state index contributed by atoms with van der Waals surface area (Å²) in [7, 11) is 2.00. The van der Waals surface area contributed by atoms with Crippen molar-refractivity contribution in [1.82, 2.24) is 4.90 Å². The van der Waals surface area contributed by atoms with Gasteiger partial charge in [-0.25, -0.2) is 0 Å². The van der Waals surface area contributed by atoms with Gasteiger partial charge in [-0.15, -0.1) is 11.6 Å². The quantitative estimate of drug-likeness (QED) is 0.468. The first-order valence-electron chi connectivity index (χ1n) is 3.66. The van der Waals surface area contributed by atoms with Gasteiger partial charge in [-0.05, 0) is 26.4 Å². The fraction of sp³-hybridized carbons (Fsp3) is 1.00. The van der Waals surface area contributed by atoms with Gasteiger partial charge < -0.3 is 10.0 Å². The summed E-state index contributed by atoms with van der Waals surface area (Å²) in [6, 6.07) is 0. The third-order valence-electron chi connectivity index (χ3n) is 1.41. The molecule has 0 amide bonds. The van der Waals surface area contributed by atoms with E-state index in [2.05, 4.69) is 4.90 Å². The first-order chi connectivity index (χ1) is 4.81. The minimum Gasteiger partial charge on any atom is -0.395 e. The number of hydrogen-bond acceptors (Lipinski definition) is 2. The summed E-state index contributed by atoms with van der Waals surface area (Å²) in [6.45, 7) is 2.05. The van der Waals surface area contributed by atoms with Crippen molar-refractivity contribution in [2.45, 2.75) is 12.8 Å². The molecule has 0 aromatic heterocycles. The zero-order chi connectivity index (χ0) is 7.82. The Morgan fingerprint density at radius 2 is 2.00 bits per heavy atom. The summed E-state index contributed by atoms with van der Waals surface area (Å²) in [6.07, 6.45) is 2.19. The summed E-state index contributed by atoms with van der Waals surface area (Å²) >= 11 is 5.49. The summed E-state index contributed by atoms with van der Waals surface area (Å²) in [5.41, 5.74) is 0. The Bertz CT molecular complexity index is 70.6. The van der Waals surface area contributed by atoms with Crippen molar-refractivity contribution in [3.63, 3.8) is 0 Å². The lowest BCUT2D eigenvalue weighted by Gasteiger charge is -2.13. The Morgan fingerprint density at radius 3 is 2.50 bits per heavy atom. The van der Waals surface area contributed by atoms with Crippen molar-refractivity contribution < 1.29 is 5.11 Å². The van der Waals surface area contributed by atoms with Crippen LogP contribution in [0.15, 0.2) is 0 Å². The first kappa shape index (κ1) is 10.2. The Kier molecular flexibility index (Phi) is 7.47. The van der Waals surface area contributed by atoms with Crippen LogP contribution in [0.4, 0.5) is 0 Å². The van der Waals surface area contributed by atoms with Gasteiger partial charge >= 0.3 is 0 Å². The molecule has 0 atom stereocenters. The van der Waals surface area contributed by atoms with Crippen LogP contribution in [0, 0.1) is 0 Å². The predicted octanol–water partition coefficient (Wildman–Crippen LogP) is 0.929. The average Bonchev–Trinajstić information content (AvgIpc) is 1.89. The lowest BCUT2D eigenvalue weighted by molar-refractivity contribution is 0.220. The van der Waals surface area contributed by atoms with Crippen LogP contribution < -0.4 is 0 Å². The van der Waals surface area contributed by atoms with E-state index < -0.39 is 0 Å². The normalized spacial score (nSPS) is 10.8. The highest BCUT2D eigenvalue weighted by atomic mass is 35.5. The van der Waals surface area contributed by atoms with E-state index in [1.807, 2.05) is 7.05 Å². The van der Waals surface area contributed by atoms with E-state index in [0.29, 0.717) is 0 Å². The zero-order valence-corrected chi connectivity index (χ0v) is 7.27. The van der Waals surface area contributed by atoms with Crippen molar-refractivity contribution in [3.8, 4) is 0 Å². The van der Waals surface area contributed by atoms with E-state index in [-0.39, 0.29) is 6.61 Å². The van der Waals surface area contributed by atoms with Gasteiger partial charge in [0.15, 0.2) is 0 Å². The maximum atomic E-state index is 8.53. The second kappa shape index (κ2) is 7.32. The van der Waals surface area contributed by atoms with Crippen LogP contribution in [0.5, 0.6) is 0 Å². The van der Waals surface area contributed by atoms with Crippen molar-refractivity contribution in [2.24, 2.45) is 0 Å². The Morgan fingerprint density at radius 1 is 1.30 bits per heavy atom. The number of aliphatic hydroxyl groups is 1. The molecule has 0 heterocycles. The highest BCUT2D eigenvalue weighted by Crippen LogP contribution is 1.93. The number of halogens is 1. The fourth-order valence-electron chi connectivity index (χ4n) is 0.759. The van der Waals surface area contributed by atoms with Crippen molar-refractivity contribution in [2.75, 3.05) is 32.6 Å². The Hall–Kier alpha value is 0.210. The molecule has 0 aliphatic rings. The van der Waals surface area contributed by atoms with E-state index in [9.17, 15) is 0 Å². The summed E-state index contributed by atoms with van der Waals surface area (Å²) in [5.74, 6) is 0.743. The molecule has 0 aromatic carbocycles. The molecule has 0 aliphatic carbocycles. The van der Waals surface area contributed by atoms with Crippen LogP contribution in [0.2, 0.25) is 0 Å². The monoisotopic (exact) mass is 165 g/mol. The molecule has 0 unspecified atom stereocenters. The molecule has 0 spiro atoms. The second-order valence-corrected chi connectivity index (χ2v) is 2.80. The maximum Gasteiger partial charge on any atom is 0.0558 e. The van der Waals surface area contributed by atoms with Gasteiger partial charge in [0.2, 0.25) is 0 Å². The minimum atomic E-state index is 0.247. The van der Waals surface area contributed by atoms with Crippen LogP contribution in [0.25, 0.3) is 0 Å². The maximum absolute atomic E-state index is 8.53. The van der Waals surface area contributed by atoms with Crippen LogP contribution in [-0.4, -0.2) is 42.6 Å². The van der Waals surface area contributed by atoms with E-state index in [0.717, 1.165) is 31.8 Å². The molecule has 0 saturated carbocycles. The highest BCUT2D eigenvalue weighted by molar-refractivity contribution is 6.17. The number of unbranched alkanes of at least 4 members (excludes halogenated alkanes) is 1. The average molecular weight is 166 g/mol. The summed E-state index contributed by atoms with van der Waals surface area (Å²) in [5, 5.41) is 8.53. The standard InChI is InChI=1S/C7H16ClNO/c1-9(6-7-10)5-3-2-4-8/h10H,2-7H2,1H3. The third-order valence-corrected chi connectivity index (χ3v) is 1.67. The van der Waals surface area contributed by atoms with Crippen LogP contribution in [0.1, 0.15) is 12.8 Å². The summed E-state index contributed by atoms with van der Waals surface area (Å²) < 4.78 is 0. The van der Waals surface area contributed by atoms with Crippen LogP contribution in [0.3, 0.4) is 0 Å². The predicted molar refractivity (Wildman–Crippen MR) is 44.5 cm³/mol. The van der Waals surface area contributed by atoms with Gasteiger partial charge in [0, 0.05) is 12.4 Å². The van der Waals surface area contributed by atoms with Crippen molar-refractivity contribution in [1.29, 1.82) is 0 Å². The Labute approximate surface area is 67.8 Å². The van der Waals surface area contributed by atoms with Crippen molar-refractivity contribution >= 4 is 11.6 Å². The van der Waals surface area contributed by atoms with E-state index in [1.54, 1.807) is 0 Å². The lowest BCUT2D eigenvalue weighted by atomic mass is 10.3. The molecule has 0 bridgehead atoms. The lowest BCUT2D eigenvalue weighted by Crippen LogP contribution is -2.23. The molecule has 0 rings (SSSR count). The molecule has 1 N–H and O–H groups in total. The molecule has 0 aromatic rings. The molecule has 0 aliphatic heterocycles. The van der Waals surface area contributed by atoms with Gasteiger partial charge in [0.05, 0.1) is 6.61 Å². The van der Waals surface area contributed by atoms with Gasteiger partial charge in [0.1, 0.15) is 0 Å². The van der Waals surface area contributed by atoms with Gasteiger partial charge in [-0.2, -0.15) is 0 Å². The highest BCUT2D eigenvalue weighted by Gasteiger charge is 1.94.